The quantitative estimate of drug-likeness (QED) is 0.758. The van der Waals surface area contributed by atoms with E-state index in [4.69, 9.17) is 16.7 Å². The number of hydrogen-bond donors (Lipinski definition) is 3. The van der Waals surface area contributed by atoms with Crippen molar-refractivity contribution in [1.82, 2.24) is 15.1 Å². The Morgan fingerprint density at radius 3 is 2.87 bits per heavy atom. The second kappa shape index (κ2) is 7.99. The van der Waals surface area contributed by atoms with E-state index >= 15 is 0 Å². The van der Waals surface area contributed by atoms with Crippen LogP contribution in [-0.2, 0) is 0 Å². The van der Waals surface area contributed by atoms with Gasteiger partial charge in [-0.1, -0.05) is 23.7 Å². The van der Waals surface area contributed by atoms with E-state index in [1.165, 1.54) is 0 Å². The van der Waals surface area contributed by atoms with Crippen LogP contribution < -0.4 is 10.6 Å². The van der Waals surface area contributed by atoms with Gasteiger partial charge in [-0.15, -0.1) is 5.10 Å². The third kappa shape index (κ3) is 4.71. The molecule has 2 amide bonds. The first-order valence-electron chi connectivity index (χ1n) is 7.51. The van der Waals surface area contributed by atoms with E-state index in [1.54, 1.807) is 16.8 Å². The molecule has 0 aliphatic carbocycles. The van der Waals surface area contributed by atoms with Crippen molar-refractivity contribution in [2.45, 2.75) is 32.7 Å². The van der Waals surface area contributed by atoms with Gasteiger partial charge in [0.2, 0.25) is 0 Å². The second-order valence-corrected chi connectivity index (χ2v) is 5.81. The standard InChI is InChI=1S/C16H21ClN4O2/c1-11(6-5-9-22)18-16(23)19-15-10-12(2)21(20-15)14-8-4-3-7-13(14)17/h3-4,7-8,10-11,22H,5-6,9H2,1-2H3,(H2,18,19,20,23). The average Bonchev–Trinajstić information content (AvgIpc) is 2.85. The first kappa shape index (κ1) is 17.3. The molecule has 1 unspecified atom stereocenters. The molecule has 1 heterocycles. The van der Waals surface area contributed by atoms with E-state index in [9.17, 15) is 4.79 Å². The second-order valence-electron chi connectivity index (χ2n) is 5.40. The SMILES string of the molecule is Cc1cc(NC(=O)NC(C)CCCO)nn1-c1ccccc1Cl. The summed E-state index contributed by atoms with van der Waals surface area (Å²) in [5.74, 6) is 0.453. The van der Waals surface area contributed by atoms with Gasteiger partial charge >= 0.3 is 6.03 Å². The highest BCUT2D eigenvalue weighted by Gasteiger charge is 2.12. The molecule has 1 aromatic heterocycles. The van der Waals surface area contributed by atoms with Gasteiger partial charge in [-0.3, -0.25) is 5.32 Å². The fourth-order valence-electron chi connectivity index (χ4n) is 2.25. The molecular formula is C16H21ClN4O2. The molecule has 0 saturated carbocycles. The fourth-order valence-corrected chi connectivity index (χ4v) is 2.46. The summed E-state index contributed by atoms with van der Waals surface area (Å²) in [4.78, 5) is 11.9. The van der Waals surface area contributed by atoms with Crippen LogP contribution in [0.5, 0.6) is 0 Å². The topological polar surface area (TPSA) is 79.2 Å². The number of carbonyl (C=O) groups excluding carboxylic acids is 1. The molecule has 1 aromatic carbocycles. The third-order valence-electron chi connectivity index (χ3n) is 3.38. The first-order chi connectivity index (χ1) is 11.0. The number of anilines is 1. The maximum atomic E-state index is 11.9. The van der Waals surface area contributed by atoms with Gasteiger partial charge in [-0.25, -0.2) is 9.48 Å². The number of carbonyl (C=O) groups is 1. The molecule has 124 valence electrons. The number of para-hydroxylation sites is 1. The van der Waals surface area contributed by atoms with Crippen LogP contribution in [0.15, 0.2) is 30.3 Å². The van der Waals surface area contributed by atoms with E-state index < -0.39 is 0 Å². The summed E-state index contributed by atoms with van der Waals surface area (Å²) < 4.78 is 1.69. The lowest BCUT2D eigenvalue weighted by Crippen LogP contribution is -2.36. The number of urea groups is 1. The minimum Gasteiger partial charge on any atom is -0.396 e. The van der Waals surface area contributed by atoms with E-state index in [-0.39, 0.29) is 18.7 Å². The van der Waals surface area contributed by atoms with Crippen LogP contribution in [0.3, 0.4) is 0 Å². The number of aromatic nitrogens is 2. The molecule has 3 N–H and O–H groups in total. The summed E-state index contributed by atoms with van der Waals surface area (Å²) in [6.45, 7) is 3.90. The van der Waals surface area contributed by atoms with Crippen LogP contribution in [0.2, 0.25) is 5.02 Å². The van der Waals surface area contributed by atoms with Gasteiger partial charge in [0.25, 0.3) is 0 Å². The molecule has 0 radical (unpaired) electrons. The Balaban J connectivity index is 2.04. The van der Waals surface area contributed by atoms with E-state index in [0.717, 1.165) is 17.8 Å². The van der Waals surface area contributed by atoms with E-state index in [1.807, 2.05) is 32.0 Å². The van der Waals surface area contributed by atoms with Gasteiger partial charge in [-0.2, -0.15) is 0 Å². The number of aryl methyl sites for hydroxylation is 1. The van der Waals surface area contributed by atoms with Crippen molar-refractivity contribution in [3.8, 4) is 5.69 Å². The Morgan fingerprint density at radius 2 is 2.17 bits per heavy atom. The zero-order valence-electron chi connectivity index (χ0n) is 13.2. The van der Waals surface area contributed by atoms with E-state index in [2.05, 4.69) is 15.7 Å². The number of halogens is 1. The number of nitrogens with zero attached hydrogens (tertiary/aromatic N) is 2. The van der Waals surface area contributed by atoms with E-state index in [0.29, 0.717) is 17.3 Å². The fraction of sp³-hybridized carbons (Fsp3) is 0.375. The molecule has 0 aliphatic rings. The number of nitrogens with one attached hydrogen (secondary N) is 2. The van der Waals surface area contributed by atoms with Gasteiger partial charge in [0.05, 0.1) is 10.7 Å². The minimum atomic E-state index is -0.320. The smallest absolute Gasteiger partial charge is 0.320 e. The molecule has 7 heteroatoms. The number of aliphatic hydroxyl groups excluding tert-OH is 1. The van der Waals surface area contributed by atoms with Crippen molar-refractivity contribution in [3.05, 3.63) is 41.0 Å². The number of aliphatic hydroxyl groups is 1. The Morgan fingerprint density at radius 1 is 1.43 bits per heavy atom. The summed E-state index contributed by atoms with van der Waals surface area (Å²) in [6, 6.07) is 8.83. The largest absolute Gasteiger partial charge is 0.396 e. The summed E-state index contributed by atoms with van der Waals surface area (Å²) in [6.07, 6.45) is 1.37. The Labute approximate surface area is 140 Å². The highest BCUT2D eigenvalue weighted by molar-refractivity contribution is 6.32. The maximum absolute atomic E-state index is 11.9. The van der Waals surface area contributed by atoms with Crippen LogP contribution in [-0.4, -0.2) is 33.6 Å². The van der Waals surface area contributed by atoms with Crippen molar-refractivity contribution in [2.24, 2.45) is 0 Å². The summed E-state index contributed by atoms with van der Waals surface area (Å²) in [7, 11) is 0. The molecule has 0 fully saturated rings. The summed E-state index contributed by atoms with van der Waals surface area (Å²) in [5.41, 5.74) is 1.62. The molecule has 1 atom stereocenters. The average molecular weight is 337 g/mol. The molecule has 0 saturated heterocycles. The van der Waals surface area contributed by atoms with Crippen LogP contribution in [0.4, 0.5) is 10.6 Å². The summed E-state index contributed by atoms with van der Waals surface area (Å²) >= 11 is 6.18. The number of rotatable bonds is 6. The monoisotopic (exact) mass is 336 g/mol. The predicted molar refractivity (Wildman–Crippen MR) is 91.2 cm³/mol. The van der Waals surface area contributed by atoms with Crippen molar-refractivity contribution < 1.29 is 9.90 Å². The number of hydrogen-bond acceptors (Lipinski definition) is 3. The first-order valence-corrected chi connectivity index (χ1v) is 7.89. The predicted octanol–water partition coefficient (Wildman–Crippen LogP) is 3.12. The Bertz CT molecular complexity index is 672. The van der Waals surface area contributed by atoms with Crippen molar-refractivity contribution in [1.29, 1.82) is 0 Å². The van der Waals surface area contributed by atoms with Gasteiger partial charge in [0.15, 0.2) is 5.82 Å². The lowest BCUT2D eigenvalue weighted by atomic mass is 10.2. The molecule has 23 heavy (non-hydrogen) atoms. The number of amides is 2. The van der Waals surface area contributed by atoms with Crippen LogP contribution in [0, 0.1) is 6.92 Å². The van der Waals surface area contributed by atoms with Crippen LogP contribution in [0.1, 0.15) is 25.5 Å². The zero-order chi connectivity index (χ0) is 16.8. The maximum Gasteiger partial charge on any atom is 0.320 e. The molecule has 0 aliphatic heterocycles. The zero-order valence-corrected chi connectivity index (χ0v) is 14.0. The molecule has 2 rings (SSSR count). The van der Waals surface area contributed by atoms with Crippen molar-refractivity contribution in [3.63, 3.8) is 0 Å². The third-order valence-corrected chi connectivity index (χ3v) is 3.70. The van der Waals surface area contributed by atoms with Crippen LogP contribution >= 0.6 is 11.6 Å². The Hall–Kier alpha value is -2.05. The molecule has 6 nitrogen and oxygen atoms in total. The van der Waals surface area contributed by atoms with Crippen molar-refractivity contribution in [2.75, 3.05) is 11.9 Å². The molecular weight excluding hydrogens is 316 g/mol. The van der Waals surface area contributed by atoms with Crippen molar-refractivity contribution >= 4 is 23.4 Å². The van der Waals surface area contributed by atoms with Gasteiger partial charge in [0.1, 0.15) is 0 Å². The number of benzene rings is 1. The molecule has 2 aromatic rings. The molecule has 0 bridgehead atoms. The highest BCUT2D eigenvalue weighted by Crippen LogP contribution is 2.22. The Kier molecular flexibility index (Phi) is 6.01. The van der Waals surface area contributed by atoms with Gasteiger partial charge < -0.3 is 10.4 Å². The lowest BCUT2D eigenvalue weighted by Gasteiger charge is -2.13. The lowest BCUT2D eigenvalue weighted by molar-refractivity contribution is 0.245. The highest BCUT2D eigenvalue weighted by atomic mass is 35.5. The summed E-state index contributed by atoms with van der Waals surface area (Å²) in [5, 5.41) is 19.3. The minimum absolute atomic E-state index is 0.0195. The normalized spacial score (nSPS) is 12.0. The molecule has 0 spiro atoms. The van der Waals surface area contributed by atoms with Crippen LogP contribution in [0.25, 0.3) is 5.69 Å². The van der Waals surface area contributed by atoms with Gasteiger partial charge in [0, 0.05) is 24.4 Å². The van der Waals surface area contributed by atoms with Gasteiger partial charge in [-0.05, 0) is 38.8 Å².